The van der Waals surface area contributed by atoms with Crippen LogP contribution in [0.25, 0.3) is 0 Å². The predicted molar refractivity (Wildman–Crippen MR) is 73.7 cm³/mol. The minimum absolute atomic E-state index is 0.0644. The van der Waals surface area contributed by atoms with Gasteiger partial charge in [-0.25, -0.2) is 4.98 Å². The lowest BCUT2D eigenvalue weighted by atomic mass is 9.99. The fourth-order valence-electron chi connectivity index (χ4n) is 1.99. The molecule has 2 rings (SSSR count). The van der Waals surface area contributed by atoms with Crippen LogP contribution in [0.2, 0.25) is 5.02 Å². The zero-order chi connectivity index (χ0) is 14.8. The molecule has 0 aromatic carbocycles. The fraction of sp³-hybridized carbons (Fsp3) is 0.455. The molecule has 1 aromatic rings. The molecule has 20 heavy (non-hydrogen) atoms. The number of nitrogens with zero attached hydrogens (tertiary/aromatic N) is 2. The van der Waals surface area contributed by atoms with Gasteiger partial charge in [0.2, 0.25) is 0 Å². The van der Waals surface area contributed by atoms with Crippen molar-refractivity contribution in [1.29, 1.82) is 0 Å². The van der Waals surface area contributed by atoms with Crippen LogP contribution in [0.1, 0.15) is 12.8 Å². The number of carboxylic acid groups (broad SMARTS) is 1. The zero-order valence-electron chi connectivity index (χ0n) is 10.5. The number of hydrogen-bond acceptors (Lipinski definition) is 4. The number of pyridine rings is 1. The maximum absolute atomic E-state index is 12.2. The number of nitrogens with one attached hydrogen (secondary N) is 1. The van der Waals surface area contributed by atoms with E-state index in [1.165, 1.54) is 16.6 Å². The number of halogens is 1. The summed E-state index contributed by atoms with van der Waals surface area (Å²) in [5, 5.41) is 9.09. The lowest BCUT2D eigenvalue weighted by molar-refractivity contribution is -0.142. The van der Waals surface area contributed by atoms with Gasteiger partial charge in [-0.15, -0.1) is 0 Å². The number of hydrogen-bond donors (Lipinski definition) is 2. The highest BCUT2D eigenvalue weighted by molar-refractivity contribution is 7.90. The lowest BCUT2D eigenvalue weighted by Gasteiger charge is -2.29. The van der Waals surface area contributed by atoms with Crippen molar-refractivity contribution in [3.8, 4) is 0 Å². The second-order valence-electron chi connectivity index (χ2n) is 4.45. The first kappa shape index (κ1) is 15.0. The minimum Gasteiger partial charge on any atom is -0.481 e. The quantitative estimate of drug-likeness (QED) is 0.868. The number of aliphatic carboxylic acids is 1. The summed E-state index contributed by atoms with van der Waals surface area (Å²) in [5.41, 5.74) is 0. The van der Waals surface area contributed by atoms with Crippen LogP contribution in [0.5, 0.6) is 0 Å². The normalized spacial score (nSPS) is 17.9. The summed E-state index contributed by atoms with van der Waals surface area (Å²) in [6.07, 6.45) is 2.03. The number of carboxylic acids is 1. The third-order valence-corrected chi connectivity index (χ3v) is 4.93. The molecule has 1 fully saturated rings. The molecule has 2 N–H and O–H groups in total. The Morgan fingerprint density at radius 3 is 2.65 bits per heavy atom. The standard InChI is InChI=1S/C11H14ClN3O4S/c12-9-2-1-5-13-10(9)14-20(18,19)15-6-3-8(4-7-15)11(16)17/h1-2,5,8H,3-4,6-7H2,(H,13,14)(H,16,17). The third-order valence-electron chi connectivity index (χ3n) is 3.13. The molecule has 7 nitrogen and oxygen atoms in total. The van der Waals surface area contributed by atoms with E-state index in [0.29, 0.717) is 12.8 Å². The first-order valence-electron chi connectivity index (χ1n) is 6.01. The summed E-state index contributed by atoms with van der Waals surface area (Å²) in [6.45, 7) is 0.327. The maximum atomic E-state index is 12.2. The van der Waals surface area contributed by atoms with Crippen molar-refractivity contribution in [2.24, 2.45) is 5.92 Å². The molecule has 0 atom stereocenters. The predicted octanol–water partition coefficient (Wildman–Crippen LogP) is 1.19. The van der Waals surface area contributed by atoms with E-state index in [-0.39, 0.29) is 23.9 Å². The van der Waals surface area contributed by atoms with Crippen molar-refractivity contribution in [2.75, 3.05) is 17.8 Å². The van der Waals surface area contributed by atoms with Crippen molar-refractivity contribution in [3.05, 3.63) is 23.4 Å². The number of piperidine rings is 1. The summed E-state index contributed by atoms with van der Waals surface area (Å²) >= 11 is 5.85. The van der Waals surface area contributed by atoms with Gasteiger partial charge in [0.05, 0.1) is 10.9 Å². The van der Waals surface area contributed by atoms with Crippen LogP contribution >= 0.6 is 11.6 Å². The SMILES string of the molecule is O=C(O)C1CCN(S(=O)(=O)Nc2ncccc2Cl)CC1. The molecular formula is C11H14ClN3O4S. The Hall–Kier alpha value is -1.38. The highest BCUT2D eigenvalue weighted by Gasteiger charge is 2.31. The van der Waals surface area contributed by atoms with E-state index < -0.39 is 22.1 Å². The molecule has 9 heteroatoms. The van der Waals surface area contributed by atoms with Gasteiger partial charge in [0.25, 0.3) is 0 Å². The van der Waals surface area contributed by atoms with Crippen LogP contribution in [0.15, 0.2) is 18.3 Å². The summed E-state index contributed by atoms with van der Waals surface area (Å²) in [4.78, 5) is 14.7. The first-order chi connectivity index (χ1) is 9.40. The Balaban J connectivity index is 2.05. The molecular weight excluding hydrogens is 306 g/mol. The van der Waals surface area contributed by atoms with E-state index in [0.717, 1.165) is 0 Å². The van der Waals surface area contributed by atoms with E-state index >= 15 is 0 Å². The topological polar surface area (TPSA) is 99.6 Å². The van der Waals surface area contributed by atoms with Crippen LogP contribution in [-0.4, -0.2) is 41.9 Å². The summed E-state index contributed by atoms with van der Waals surface area (Å²) in [6, 6.07) is 3.13. The second-order valence-corrected chi connectivity index (χ2v) is 6.53. The number of aromatic nitrogens is 1. The van der Waals surface area contributed by atoms with Crippen molar-refractivity contribution in [3.63, 3.8) is 0 Å². The average molecular weight is 320 g/mol. The number of anilines is 1. The van der Waals surface area contributed by atoms with Crippen LogP contribution in [0.3, 0.4) is 0 Å². The van der Waals surface area contributed by atoms with E-state index in [4.69, 9.17) is 16.7 Å². The first-order valence-corrected chi connectivity index (χ1v) is 7.83. The van der Waals surface area contributed by atoms with Gasteiger partial charge in [0, 0.05) is 19.3 Å². The highest BCUT2D eigenvalue weighted by atomic mass is 35.5. The van der Waals surface area contributed by atoms with Crippen molar-refractivity contribution >= 4 is 33.6 Å². The van der Waals surface area contributed by atoms with Gasteiger partial charge < -0.3 is 5.11 Å². The molecule has 1 aliphatic heterocycles. The van der Waals surface area contributed by atoms with Crippen LogP contribution in [-0.2, 0) is 15.0 Å². The van der Waals surface area contributed by atoms with Gasteiger partial charge in [0.1, 0.15) is 0 Å². The summed E-state index contributed by atoms with van der Waals surface area (Å²) in [5.74, 6) is -1.31. The Bertz CT molecular complexity index is 599. The fourth-order valence-corrected chi connectivity index (χ4v) is 3.44. The van der Waals surface area contributed by atoms with Gasteiger partial charge in [-0.1, -0.05) is 11.6 Å². The zero-order valence-corrected chi connectivity index (χ0v) is 12.1. The molecule has 2 heterocycles. The van der Waals surface area contributed by atoms with E-state index in [9.17, 15) is 13.2 Å². The smallest absolute Gasteiger partial charge is 0.306 e. The molecule has 1 aromatic heterocycles. The molecule has 0 spiro atoms. The van der Waals surface area contributed by atoms with E-state index in [1.54, 1.807) is 6.07 Å². The molecule has 1 aliphatic rings. The van der Waals surface area contributed by atoms with Gasteiger partial charge in [0.15, 0.2) is 5.82 Å². The van der Waals surface area contributed by atoms with E-state index in [2.05, 4.69) is 9.71 Å². The van der Waals surface area contributed by atoms with Crippen molar-refractivity contribution in [2.45, 2.75) is 12.8 Å². The third kappa shape index (κ3) is 3.38. The largest absolute Gasteiger partial charge is 0.481 e. The van der Waals surface area contributed by atoms with Crippen LogP contribution in [0, 0.1) is 5.92 Å². The number of carbonyl (C=O) groups is 1. The van der Waals surface area contributed by atoms with Crippen molar-refractivity contribution < 1.29 is 18.3 Å². The van der Waals surface area contributed by atoms with Gasteiger partial charge >= 0.3 is 16.2 Å². The average Bonchev–Trinajstić information content (AvgIpc) is 2.41. The maximum Gasteiger partial charge on any atom is 0.306 e. The van der Waals surface area contributed by atoms with Crippen LogP contribution < -0.4 is 4.72 Å². The Labute approximate surface area is 121 Å². The summed E-state index contributed by atoms with van der Waals surface area (Å²) in [7, 11) is -3.76. The van der Waals surface area contributed by atoms with Crippen LogP contribution in [0.4, 0.5) is 5.82 Å². The molecule has 0 saturated carbocycles. The highest BCUT2D eigenvalue weighted by Crippen LogP contribution is 2.23. The lowest BCUT2D eigenvalue weighted by Crippen LogP contribution is -2.43. The molecule has 110 valence electrons. The molecule has 0 amide bonds. The molecule has 0 bridgehead atoms. The molecule has 0 radical (unpaired) electrons. The van der Waals surface area contributed by atoms with E-state index in [1.807, 2.05) is 0 Å². The molecule has 1 saturated heterocycles. The van der Waals surface area contributed by atoms with Gasteiger partial charge in [-0.2, -0.15) is 12.7 Å². The second kappa shape index (κ2) is 5.94. The Morgan fingerprint density at radius 1 is 1.45 bits per heavy atom. The molecule has 0 aliphatic carbocycles. The minimum atomic E-state index is -3.76. The number of rotatable bonds is 4. The molecule has 0 unspecified atom stereocenters. The summed E-state index contributed by atoms with van der Waals surface area (Å²) < 4.78 is 27.8. The monoisotopic (exact) mass is 319 g/mol. The Morgan fingerprint density at radius 2 is 2.10 bits per heavy atom. The van der Waals surface area contributed by atoms with Gasteiger partial charge in [-0.05, 0) is 25.0 Å². The Kier molecular flexibility index (Phi) is 4.46. The van der Waals surface area contributed by atoms with Gasteiger partial charge in [-0.3, -0.25) is 9.52 Å². The van der Waals surface area contributed by atoms with Crippen molar-refractivity contribution in [1.82, 2.24) is 9.29 Å².